The van der Waals surface area contributed by atoms with Crippen LogP contribution in [0.3, 0.4) is 0 Å². The summed E-state index contributed by atoms with van der Waals surface area (Å²) >= 11 is 0. The Hall–Kier alpha value is -2.10. The van der Waals surface area contributed by atoms with E-state index in [0.717, 1.165) is 36.2 Å². The number of carbonyl (C=O) groups is 1. The van der Waals surface area contributed by atoms with E-state index in [1.165, 1.54) is 0 Å². The van der Waals surface area contributed by atoms with Crippen molar-refractivity contribution in [2.75, 3.05) is 0 Å². The molecule has 20 heavy (non-hydrogen) atoms. The Morgan fingerprint density at radius 2 is 1.85 bits per heavy atom. The fourth-order valence-electron chi connectivity index (χ4n) is 3.08. The zero-order valence-corrected chi connectivity index (χ0v) is 11.3. The van der Waals surface area contributed by atoms with E-state index < -0.39 is 11.4 Å². The van der Waals surface area contributed by atoms with E-state index in [1.807, 2.05) is 36.4 Å². The van der Waals surface area contributed by atoms with Crippen molar-refractivity contribution < 1.29 is 9.90 Å². The van der Waals surface area contributed by atoms with E-state index in [1.54, 1.807) is 0 Å². The minimum absolute atomic E-state index is 0.693. The van der Waals surface area contributed by atoms with Crippen molar-refractivity contribution in [3.63, 3.8) is 0 Å². The van der Waals surface area contributed by atoms with Gasteiger partial charge in [0.1, 0.15) is 5.41 Å². The molecule has 1 heterocycles. The van der Waals surface area contributed by atoms with Gasteiger partial charge in [-0.2, -0.15) is 5.10 Å². The van der Waals surface area contributed by atoms with Crippen LogP contribution in [0.2, 0.25) is 0 Å². The fraction of sp³-hybridized carbons (Fsp3) is 0.375. The number of hydrogen-bond acceptors (Lipinski definition) is 2. The Morgan fingerprint density at radius 1 is 1.15 bits per heavy atom. The van der Waals surface area contributed by atoms with Gasteiger partial charge in [0.05, 0.1) is 11.4 Å². The second kappa shape index (κ2) is 5.12. The van der Waals surface area contributed by atoms with Crippen LogP contribution < -0.4 is 0 Å². The number of carboxylic acids is 1. The van der Waals surface area contributed by atoms with Crippen LogP contribution in [0.15, 0.2) is 36.4 Å². The van der Waals surface area contributed by atoms with Crippen molar-refractivity contribution in [2.24, 2.45) is 0 Å². The van der Waals surface area contributed by atoms with Crippen LogP contribution in [0.1, 0.15) is 37.8 Å². The average Bonchev–Trinajstić information content (AvgIpc) is 2.99. The minimum Gasteiger partial charge on any atom is -0.481 e. The molecule has 0 bridgehead atoms. The first kappa shape index (κ1) is 12.9. The molecule has 4 nitrogen and oxygen atoms in total. The van der Waals surface area contributed by atoms with E-state index in [0.29, 0.717) is 12.8 Å². The van der Waals surface area contributed by atoms with Crippen LogP contribution in [0.5, 0.6) is 0 Å². The molecule has 0 saturated heterocycles. The van der Waals surface area contributed by atoms with Gasteiger partial charge in [-0.15, -0.1) is 0 Å². The number of carboxylic acid groups (broad SMARTS) is 1. The molecule has 0 unspecified atom stereocenters. The standard InChI is InChI=1S/C16H18N2O2/c19-15(20)16(9-5-2-6-10-16)14-11-13(17-18-14)12-7-3-1-4-8-12/h1,3-4,7-8,11H,2,5-6,9-10H2,(H,17,18)(H,19,20). The quantitative estimate of drug-likeness (QED) is 0.898. The van der Waals surface area contributed by atoms with Crippen molar-refractivity contribution in [2.45, 2.75) is 37.5 Å². The lowest BCUT2D eigenvalue weighted by atomic mass is 9.72. The lowest BCUT2D eigenvalue weighted by molar-refractivity contribution is -0.145. The molecule has 104 valence electrons. The first-order chi connectivity index (χ1) is 9.72. The third-order valence-electron chi connectivity index (χ3n) is 4.28. The predicted molar refractivity (Wildman–Crippen MR) is 76.4 cm³/mol. The third-order valence-corrected chi connectivity index (χ3v) is 4.28. The van der Waals surface area contributed by atoms with Crippen molar-refractivity contribution in [3.05, 3.63) is 42.1 Å². The van der Waals surface area contributed by atoms with Crippen molar-refractivity contribution in [3.8, 4) is 11.3 Å². The molecule has 0 amide bonds. The number of hydrogen-bond donors (Lipinski definition) is 2. The molecule has 0 aliphatic heterocycles. The highest BCUT2D eigenvalue weighted by molar-refractivity contribution is 5.81. The molecule has 1 aromatic heterocycles. The van der Waals surface area contributed by atoms with Crippen LogP contribution in [-0.2, 0) is 10.2 Å². The Bertz CT molecular complexity index is 598. The lowest BCUT2D eigenvalue weighted by Gasteiger charge is -2.31. The SMILES string of the molecule is O=C(O)C1(c2cc(-c3ccccc3)n[nH]2)CCCCC1. The fourth-order valence-corrected chi connectivity index (χ4v) is 3.08. The van der Waals surface area contributed by atoms with Crippen LogP contribution in [0.25, 0.3) is 11.3 Å². The van der Waals surface area contributed by atoms with Gasteiger partial charge in [-0.1, -0.05) is 49.6 Å². The number of benzene rings is 1. The van der Waals surface area contributed by atoms with Crippen LogP contribution in [0, 0.1) is 0 Å². The summed E-state index contributed by atoms with van der Waals surface area (Å²) in [5.74, 6) is -0.736. The summed E-state index contributed by atoms with van der Waals surface area (Å²) in [4.78, 5) is 11.8. The number of aromatic amines is 1. The number of rotatable bonds is 3. The van der Waals surface area contributed by atoms with E-state index in [-0.39, 0.29) is 0 Å². The van der Waals surface area contributed by atoms with Crippen LogP contribution in [0.4, 0.5) is 0 Å². The van der Waals surface area contributed by atoms with Gasteiger partial charge in [-0.05, 0) is 18.9 Å². The summed E-state index contributed by atoms with van der Waals surface area (Å²) in [6, 6.07) is 11.7. The number of aliphatic carboxylic acids is 1. The molecule has 1 saturated carbocycles. The van der Waals surface area contributed by atoms with E-state index in [2.05, 4.69) is 10.2 Å². The maximum atomic E-state index is 11.8. The van der Waals surface area contributed by atoms with Gasteiger partial charge in [0.25, 0.3) is 0 Å². The first-order valence-corrected chi connectivity index (χ1v) is 7.07. The Morgan fingerprint density at radius 3 is 2.50 bits per heavy atom. The van der Waals surface area contributed by atoms with Gasteiger partial charge in [-0.3, -0.25) is 9.89 Å². The average molecular weight is 270 g/mol. The van der Waals surface area contributed by atoms with Crippen molar-refractivity contribution in [1.82, 2.24) is 10.2 Å². The summed E-state index contributed by atoms with van der Waals surface area (Å²) < 4.78 is 0. The summed E-state index contributed by atoms with van der Waals surface area (Å²) in [6.45, 7) is 0. The second-order valence-corrected chi connectivity index (χ2v) is 5.48. The highest BCUT2D eigenvalue weighted by Gasteiger charge is 2.42. The number of nitrogens with one attached hydrogen (secondary N) is 1. The van der Waals surface area contributed by atoms with Gasteiger partial charge in [0.15, 0.2) is 0 Å². The summed E-state index contributed by atoms with van der Waals surface area (Å²) in [5, 5.41) is 16.9. The topological polar surface area (TPSA) is 66.0 Å². The number of aromatic nitrogens is 2. The van der Waals surface area contributed by atoms with E-state index in [4.69, 9.17) is 0 Å². The zero-order chi connectivity index (χ0) is 14.0. The Kier molecular flexibility index (Phi) is 3.30. The Labute approximate surface area is 117 Å². The summed E-state index contributed by atoms with van der Waals surface area (Å²) in [5.41, 5.74) is 1.78. The van der Waals surface area contributed by atoms with Crippen LogP contribution >= 0.6 is 0 Å². The molecule has 0 radical (unpaired) electrons. The van der Waals surface area contributed by atoms with Crippen LogP contribution in [-0.4, -0.2) is 21.3 Å². The summed E-state index contributed by atoms with van der Waals surface area (Å²) in [6.07, 6.45) is 4.43. The Balaban J connectivity index is 1.98. The normalized spacial score (nSPS) is 17.8. The molecule has 1 fully saturated rings. The molecule has 2 aromatic rings. The van der Waals surface area contributed by atoms with Gasteiger partial charge < -0.3 is 5.11 Å². The number of H-pyrrole nitrogens is 1. The van der Waals surface area contributed by atoms with E-state index in [9.17, 15) is 9.90 Å². The molecular formula is C16H18N2O2. The molecule has 1 aliphatic carbocycles. The monoisotopic (exact) mass is 270 g/mol. The van der Waals surface area contributed by atoms with Gasteiger partial charge in [0.2, 0.25) is 0 Å². The maximum absolute atomic E-state index is 11.8. The maximum Gasteiger partial charge on any atom is 0.315 e. The molecular weight excluding hydrogens is 252 g/mol. The van der Waals surface area contributed by atoms with Crippen molar-refractivity contribution in [1.29, 1.82) is 0 Å². The van der Waals surface area contributed by atoms with Gasteiger partial charge in [-0.25, -0.2) is 0 Å². The van der Waals surface area contributed by atoms with Gasteiger partial charge >= 0.3 is 5.97 Å². The lowest BCUT2D eigenvalue weighted by Crippen LogP contribution is -2.38. The number of nitrogens with zero attached hydrogens (tertiary/aromatic N) is 1. The molecule has 1 aromatic carbocycles. The molecule has 0 atom stereocenters. The smallest absolute Gasteiger partial charge is 0.315 e. The summed E-state index contributed by atoms with van der Waals surface area (Å²) in [7, 11) is 0. The largest absolute Gasteiger partial charge is 0.481 e. The first-order valence-electron chi connectivity index (χ1n) is 7.07. The minimum atomic E-state index is -0.779. The van der Waals surface area contributed by atoms with Crippen molar-refractivity contribution >= 4 is 5.97 Å². The zero-order valence-electron chi connectivity index (χ0n) is 11.3. The molecule has 3 rings (SSSR count). The van der Waals surface area contributed by atoms with Gasteiger partial charge in [0, 0.05) is 5.56 Å². The highest BCUT2D eigenvalue weighted by Crippen LogP contribution is 2.39. The molecule has 4 heteroatoms. The molecule has 1 aliphatic rings. The second-order valence-electron chi connectivity index (χ2n) is 5.48. The molecule has 2 N–H and O–H groups in total. The predicted octanol–water partition coefficient (Wildman–Crippen LogP) is 3.36. The van der Waals surface area contributed by atoms with E-state index >= 15 is 0 Å². The highest BCUT2D eigenvalue weighted by atomic mass is 16.4. The molecule has 0 spiro atoms. The third kappa shape index (κ3) is 2.11.